The number of tetrazole rings is 1. The number of aromatic amines is 1. The minimum absolute atomic E-state index is 0.00347. The zero-order valence-electron chi connectivity index (χ0n) is 38.5. The minimum atomic E-state index is 0.00347. The number of nitrogens with zero attached hydrogens (tertiary/aromatic N) is 11. The molecule has 12 heteroatoms. The summed E-state index contributed by atoms with van der Waals surface area (Å²) in [5.41, 5.74) is 2.54. The van der Waals surface area contributed by atoms with Crippen LogP contribution in [0.3, 0.4) is 0 Å². The Kier molecular flexibility index (Phi) is 19.8. The Labute approximate surface area is 336 Å². The standard InChI is InChI=1S/C9H19N.C8H17N.3C7H12N2.C5H10N4/c1-9(2,3)10-7-5-4-6-8-10;1-8(2,3)9-6-4-5-7-9;1-7(2,3)9-5-4-8-6-9;1-7(2,3)6-8-4-5-9-6;1-7(2,3)6-4-5-8-9-6;1-5(2,3)9-4-6-7-8-9/h4-8H2,1-3H3;4-7H2,1-3H3;4-6H,1-3H3;4-5H,1-3H3,(H,8,9);5H,4H2,1-3H3;4H,1-3H3. The summed E-state index contributed by atoms with van der Waals surface area (Å²) in [4.78, 5) is 16.3. The molecule has 1 N–H and O–H groups in total. The highest BCUT2D eigenvalue weighted by Crippen LogP contribution is 2.21. The van der Waals surface area contributed by atoms with Gasteiger partial charge in [0.25, 0.3) is 0 Å². The lowest BCUT2D eigenvalue weighted by Gasteiger charge is -2.38. The molecule has 2 fully saturated rings. The van der Waals surface area contributed by atoms with Gasteiger partial charge in [-0.25, -0.2) is 14.6 Å². The van der Waals surface area contributed by atoms with Gasteiger partial charge in [0.15, 0.2) is 0 Å². The molecule has 314 valence electrons. The van der Waals surface area contributed by atoms with Crippen molar-refractivity contribution < 1.29 is 0 Å². The van der Waals surface area contributed by atoms with Crippen LogP contribution in [0.4, 0.5) is 0 Å². The maximum absolute atomic E-state index is 4.13. The topological polar surface area (TPSA) is 121 Å². The van der Waals surface area contributed by atoms with E-state index in [-0.39, 0.29) is 21.9 Å². The predicted octanol–water partition coefficient (Wildman–Crippen LogP) is 9.79. The third-order valence-corrected chi connectivity index (χ3v) is 9.29. The summed E-state index contributed by atoms with van der Waals surface area (Å²) in [6.07, 6.45) is 20.7. The summed E-state index contributed by atoms with van der Waals surface area (Å²) >= 11 is 0. The normalized spacial score (nSPS) is 16.8. The summed E-state index contributed by atoms with van der Waals surface area (Å²) in [5, 5.41) is 18.6. The molecule has 3 aliphatic rings. The van der Waals surface area contributed by atoms with Crippen molar-refractivity contribution in [1.29, 1.82) is 0 Å². The largest absolute Gasteiger partial charge is 0.348 e. The van der Waals surface area contributed by atoms with Crippen LogP contribution in [0.2, 0.25) is 0 Å². The number of nitrogens with one attached hydrogen (secondary N) is 1. The lowest BCUT2D eigenvalue weighted by molar-refractivity contribution is 0.111. The smallest absolute Gasteiger partial charge is 0.138 e. The second-order valence-corrected chi connectivity index (χ2v) is 20.6. The SMILES string of the molecule is CC(C)(C)C1=NN=CC1.CC(C)(C)N1CCCC1.CC(C)(C)N1CCCCC1.CC(C)(C)c1ncc[nH]1.CC(C)(C)n1ccnc1.CC(C)(C)n1cnnn1. The van der Waals surface area contributed by atoms with Crippen LogP contribution in [0.15, 0.2) is 47.6 Å². The molecule has 6 rings (SSSR count). The van der Waals surface area contributed by atoms with Crippen LogP contribution in [0.5, 0.6) is 0 Å². The molecule has 6 heterocycles. The van der Waals surface area contributed by atoms with Gasteiger partial charge in [-0.05, 0) is 145 Å². The molecule has 3 aliphatic heterocycles. The molecular formula is C43H82N12. The van der Waals surface area contributed by atoms with Crippen molar-refractivity contribution in [2.75, 3.05) is 26.2 Å². The fraction of sp³-hybridized carbons (Fsp3) is 0.791. The summed E-state index contributed by atoms with van der Waals surface area (Å²) in [6.45, 7) is 44.4. The van der Waals surface area contributed by atoms with Gasteiger partial charge >= 0.3 is 0 Å². The molecule has 55 heavy (non-hydrogen) atoms. The molecule has 0 amide bonds. The van der Waals surface area contributed by atoms with Crippen LogP contribution >= 0.6 is 0 Å². The first kappa shape index (κ1) is 49.8. The Bertz CT molecular complexity index is 1330. The van der Waals surface area contributed by atoms with Crippen molar-refractivity contribution in [2.45, 2.75) is 191 Å². The lowest BCUT2D eigenvalue weighted by atomic mass is 9.89. The number of imidazole rings is 2. The van der Waals surface area contributed by atoms with E-state index in [2.05, 4.69) is 159 Å². The van der Waals surface area contributed by atoms with Crippen LogP contribution in [-0.2, 0) is 16.5 Å². The number of piperidine rings is 1. The van der Waals surface area contributed by atoms with Crippen LogP contribution < -0.4 is 0 Å². The van der Waals surface area contributed by atoms with E-state index in [0.717, 1.165) is 12.2 Å². The quantitative estimate of drug-likeness (QED) is 0.242. The molecule has 3 aromatic heterocycles. The molecule has 0 unspecified atom stereocenters. The van der Waals surface area contributed by atoms with Gasteiger partial charge in [0.05, 0.1) is 17.6 Å². The van der Waals surface area contributed by atoms with Crippen LogP contribution in [-0.4, -0.2) is 98.7 Å². The summed E-state index contributed by atoms with van der Waals surface area (Å²) in [6, 6.07) is 0. The fourth-order valence-corrected chi connectivity index (χ4v) is 5.49. The van der Waals surface area contributed by atoms with E-state index in [1.807, 2.05) is 45.7 Å². The molecule has 3 aromatic rings. The molecule has 0 bridgehead atoms. The molecule has 0 aliphatic carbocycles. The van der Waals surface area contributed by atoms with Gasteiger partial charge in [-0.15, -0.1) is 5.10 Å². The first-order valence-electron chi connectivity index (χ1n) is 20.4. The summed E-state index contributed by atoms with van der Waals surface area (Å²) < 4.78 is 3.79. The van der Waals surface area contributed by atoms with Crippen molar-refractivity contribution in [2.24, 2.45) is 15.6 Å². The van der Waals surface area contributed by atoms with Gasteiger partial charge in [-0.1, -0.05) is 48.0 Å². The van der Waals surface area contributed by atoms with Crippen molar-refractivity contribution in [3.8, 4) is 0 Å². The minimum Gasteiger partial charge on any atom is -0.348 e. The highest BCUT2D eigenvalue weighted by molar-refractivity contribution is 6.01. The van der Waals surface area contributed by atoms with E-state index in [9.17, 15) is 0 Å². The monoisotopic (exact) mass is 767 g/mol. The first-order chi connectivity index (χ1) is 25.1. The Morgan fingerprint density at radius 1 is 0.582 bits per heavy atom. The molecule has 0 saturated carbocycles. The Morgan fingerprint density at radius 3 is 1.33 bits per heavy atom. The van der Waals surface area contributed by atoms with E-state index in [0.29, 0.717) is 11.1 Å². The highest BCUT2D eigenvalue weighted by atomic mass is 15.5. The lowest BCUT2D eigenvalue weighted by Crippen LogP contribution is -2.44. The summed E-state index contributed by atoms with van der Waals surface area (Å²) in [5.74, 6) is 1.04. The van der Waals surface area contributed by atoms with Gasteiger partial charge in [-0.2, -0.15) is 10.2 Å². The van der Waals surface area contributed by atoms with Crippen LogP contribution in [0.1, 0.15) is 169 Å². The van der Waals surface area contributed by atoms with Crippen molar-refractivity contribution in [1.82, 2.24) is 49.5 Å². The number of H-pyrrole nitrogens is 1. The second-order valence-electron chi connectivity index (χ2n) is 20.6. The number of likely N-dealkylation sites (tertiary alicyclic amines) is 2. The summed E-state index contributed by atoms with van der Waals surface area (Å²) in [7, 11) is 0. The van der Waals surface area contributed by atoms with E-state index in [4.69, 9.17) is 0 Å². The van der Waals surface area contributed by atoms with Crippen molar-refractivity contribution >= 4 is 11.9 Å². The fourth-order valence-electron chi connectivity index (χ4n) is 5.49. The van der Waals surface area contributed by atoms with Crippen LogP contribution in [0.25, 0.3) is 0 Å². The average molecular weight is 767 g/mol. The molecule has 2 saturated heterocycles. The van der Waals surface area contributed by atoms with E-state index < -0.39 is 0 Å². The van der Waals surface area contributed by atoms with E-state index in [1.54, 1.807) is 23.4 Å². The zero-order chi connectivity index (χ0) is 42.1. The van der Waals surface area contributed by atoms with Gasteiger partial charge in [0.1, 0.15) is 12.2 Å². The number of hydrogen-bond acceptors (Lipinski definition) is 9. The molecule has 0 radical (unpaired) electrons. The highest BCUT2D eigenvalue weighted by Gasteiger charge is 2.24. The third-order valence-electron chi connectivity index (χ3n) is 9.29. The molecular weight excluding hydrogens is 685 g/mol. The molecule has 0 spiro atoms. The Hall–Kier alpha value is -3.25. The zero-order valence-corrected chi connectivity index (χ0v) is 38.5. The average Bonchev–Trinajstić information content (AvgIpc) is 3.91. The number of hydrogen-bond donors (Lipinski definition) is 1. The molecule has 12 nitrogen and oxygen atoms in total. The number of aromatic nitrogens is 8. The van der Waals surface area contributed by atoms with Gasteiger partial charge in [0.2, 0.25) is 0 Å². The second kappa shape index (κ2) is 21.9. The maximum atomic E-state index is 4.13. The predicted molar refractivity (Wildman–Crippen MR) is 233 cm³/mol. The first-order valence-corrected chi connectivity index (χ1v) is 20.4. The molecule has 0 atom stereocenters. The van der Waals surface area contributed by atoms with Crippen molar-refractivity contribution in [3.63, 3.8) is 0 Å². The number of rotatable bonds is 0. The van der Waals surface area contributed by atoms with Gasteiger partial charge in [0, 0.05) is 64.9 Å². The Balaban J connectivity index is 0.000000330. The van der Waals surface area contributed by atoms with Crippen molar-refractivity contribution in [3.05, 3.63) is 43.3 Å². The van der Waals surface area contributed by atoms with Gasteiger partial charge < -0.3 is 9.55 Å². The van der Waals surface area contributed by atoms with E-state index >= 15 is 0 Å². The Morgan fingerprint density at radius 2 is 1.11 bits per heavy atom. The third kappa shape index (κ3) is 21.0. The molecule has 0 aromatic carbocycles. The maximum Gasteiger partial charge on any atom is 0.138 e. The van der Waals surface area contributed by atoms with E-state index in [1.165, 1.54) is 64.0 Å². The van der Waals surface area contributed by atoms with Gasteiger partial charge in [-0.3, -0.25) is 9.80 Å². The van der Waals surface area contributed by atoms with Crippen LogP contribution in [0, 0.1) is 5.41 Å².